The molecular weight excluding hydrogens is 374 g/mol. The number of pyridine rings is 1. The van der Waals surface area contributed by atoms with Crippen LogP contribution in [0.1, 0.15) is 55.8 Å². The smallest absolute Gasteiger partial charge is 0.222 e. The quantitative estimate of drug-likeness (QED) is 0.836. The Bertz CT molecular complexity index is 1050. The van der Waals surface area contributed by atoms with Gasteiger partial charge in [-0.2, -0.15) is 10.4 Å². The largest absolute Gasteiger partial charge is 0.311 e. The van der Waals surface area contributed by atoms with Crippen molar-refractivity contribution in [1.82, 2.24) is 4.98 Å². The van der Waals surface area contributed by atoms with Crippen molar-refractivity contribution >= 4 is 23.1 Å². The number of amides is 1. The average molecular weight is 399 g/mol. The standard InChI is InChI=1S/C24H25N5O/c1-15(30)26-22-13-11-19-21(27-22)12-10-20-23(19)28-29(24(20)17-4-2-3-5-17)18-8-6-16(14-25)7-9-18/h6-9,11,13,17,20,24H,2-5,10,12H2,1H3,(H,26,27,30). The summed E-state index contributed by atoms with van der Waals surface area (Å²) in [4.78, 5) is 16.1. The zero-order valence-corrected chi connectivity index (χ0v) is 17.1. The average Bonchev–Trinajstić information content (AvgIpc) is 3.40. The first-order valence-electron chi connectivity index (χ1n) is 10.8. The van der Waals surface area contributed by atoms with Crippen LogP contribution in [0.25, 0.3) is 0 Å². The van der Waals surface area contributed by atoms with Crippen LogP contribution in [-0.2, 0) is 11.2 Å². The number of hydrazone groups is 1. The van der Waals surface area contributed by atoms with Crippen molar-refractivity contribution in [2.24, 2.45) is 16.9 Å². The molecule has 1 saturated carbocycles. The minimum Gasteiger partial charge on any atom is -0.311 e. The number of nitrogens with zero attached hydrogens (tertiary/aromatic N) is 4. The molecule has 2 atom stereocenters. The molecule has 1 N–H and O–H groups in total. The molecule has 152 valence electrons. The van der Waals surface area contributed by atoms with Gasteiger partial charge in [-0.1, -0.05) is 12.8 Å². The van der Waals surface area contributed by atoms with Gasteiger partial charge in [0.1, 0.15) is 5.82 Å². The van der Waals surface area contributed by atoms with E-state index in [2.05, 4.69) is 27.4 Å². The third-order valence-corrected chi connectivity index (χ3v) is 6.65. The fourth-order valence-electron chi connectivity index (χ4n) is 5.36. The Hall–Kier alpha value is -3.20. The summed E-state index contributed by atoms with van der Waals surface area (Å²) < 4.78 is 0. The number of carbonyl (C=O) groups is 1. The molecule has 6 nitrogen and oxygen atoms in total. The predicted molar refractivity (Wildman–Crippen MR) is 116 cm³/mol. The molecule has 6 heteroatoms. The van der Waals surface area contributed by atoms with Crippen molar-refractivity contribution in [3.63, 3.8) is 0 Å². The van der Waals surface area contributed by atoms with Gasteiger partial charge in [-0.05, 0) is 68.0 Å². The van der Waals surface area contributed by atoms with Crippen LogP contribution in [0, 0.1) is 23.2 Å². The highest BCUT2D eigenvalue weighted by atomic mass is 16.1. The van der Waals surface area contributed by atoms with E-state index < -0.39 is 0 Å². The van der Waals surface area contributed by atoms with Gasteiger partial charge in [-0.25, -0.2) is 4.98 Å². The molecule has 1 amide bonds. The lowest BCUT2D eigenvalue weighted by Gasteiger charge is -2.34. The minimum absolute atomic E-state index is 0.109. The van der Waals surface area contributed by atoms with Gasteiger partial charge in [0.25, 0.3) is 0 Å². The summed E-state index contributed by atoms with van der Waals surface area (Å²) in [6.45, 7) is 1.50. The van der Waals surface area contributed by atoms with Crippen LogP contribution in [-0.4, -0.2) is 22.6 Å². The Balaban J connectivity index is 1.54. The van der Waals surface area contributed by atoms with E-state index in [1.54, 1.807) is 0 Å². The van der Waals surface area contributed by atoms with E-state index in [1.807, 2.05) is 30.3 Å². The number of nitriles is 1. The molecule has 30 heavy (non-hydrogen) atoms. The molecule has 0 radical (unpaired) electrons. The van der Waals surface area contributed by atoms with Gasteiger partial charge < -0.3 is 5.32 Å². The van der Waals surface area contributed by atoms with E-state index >= 15 is 0 Å². The molecule has 2 aliphatic carbocycles. The second-order valence-corrected chi connectivity index (χ2v) is 8.54. The fraction of sp³-hybridized carbons (Fsp3) is 0.417. The molecule has 1 fully saturated rings. The number of anilines is 2. The summed E-state index contributed by atoms with van der Waals surface area (Å²) in [6.07, 6.45) is 7.02. The van der Waals surface area contributed by atoms with Crippen molar-refractivity contribution in [2.45, 2.75) is 51.5 Å². The van der Waals surface area contributed by atoms with E-state index in [1.165, 1.54) is 32.6 Å². The summed E-state index contributed by atoms with van der Waals surface area (Å²) in [5, 5.41) is 19.3. The number of hydrogen-bond acceptors (Lipinski definition) is 5. The lowest BCUT2D eigenvalue weighted by atomic mass is 9.76. The Morgan fingerprint density at radius 2 is 1.90 bits per heavy atom. The van der Waals surface area contributed by atoms with Crippen LogP contribution in [0.3, 0.4) is 0 Å². The van der Waals surface area contributed by atoms with E-state index in [-0.39, 0.29) is 5.91 Å². The van der Waals surface area contributed by atoms with Gasteiger partial charge in [0, 0.05) is 18.4 Å². The van der Waals surface area contributed by atoms with Crippen LogP contribution in [0.4, 0.5) is 11.5 Å². The van der Waals surface area contributed by atoms with Crippen LogP contribution < -0.4 is 10.3 Å². The van der Waals surface area contributed by atoms with E-state index in [9.17, 15) is 4.79 Å². The molecule has 1 aromatic heterocycles. The summed E-state index contributed by atoms with van der Waals surface area (Å²) >= 11 is 0. The Labute approximate surface area is 176 Å². The number of hydrogen-bond donors (Lipinski definition) is 1. The first-order valence-corrected chi connectivity index (χ1v) is 10.8. The Kier molecular flexibility index (Phi) is 4.74. The number of carbonyl (C=O) groups excluding carboxylic acids is 1. The van der Waals surface area contributed by atoms with Crippen molar-refractivity contribution in [3.8, 4) is 6.07 Å². The summed E-state index contributed by atoms with van der Waals surface area (Å²) in [5.41, 5.74) is 4.97. The highest BCUT2D eigenvalue weighted by molar-refractivity contribution is 6.07. The maximum atomic E-state index is 11.4. The number of rotatable bonds is 3. The first-order chi connectivity index (χ1) is 14.6. The van der Waals surface area contributed by atoms with Crippen LogP contribution in [0.5, 0.6) is 0 Å². The summed E-state index contributed by atoms with van der Waals surface area (Å²) in [7, 11) is 0. The zero-order valence-electron chi connectivity index (χ0n) is 17.1. The van der Waals surface area contributed by atoms with Crippen LogP contribution >= 0.6 is 0 Å². The van der Waals surface area contributed by atoms with Crippen molar-refractivity contribution in [3.05, 3.63) is 53.2 Å². The number of aromatic nitrogens is 1. The molecular formula is C24H25N5O. The highest BCUT2D eigenvalue weighted by Gasteiger charge is 2.45. The highest BCUT2D eigenvalue weighted by Crippen LogP contribution is 2.44. The molecule has 3 aliphatic rings. The maximum Gasteiger partial charge on any atom is 0.222 e. The van der Waals surface area contributed by atoms with E-state index in [0.29, 0.717) is 29.3 Å². The third kappa shape index (κ3) is 3.24. The van der Waals surface area contributed by atoms with Gasteiger partial charge >= 0.3 is 0 Å². The molecule has 0 spiro atoms. The van der Waals surface area contributed by atoms with Gasteiger partial charge in [-0.3, -0.25) is 9.80 Å². The maximum absolute atomic E-state index is 11.4. The predicted octanol–water partition coefficient (Wildman–Crippen LogP) is 4.26. The Morgan fingerprint density at radius 3 is 2.60 bits per heavy atom. The van der Waals surface area contributed by atoms with Gasteiger partial charge in [0.05, 0.1) is 34.8 Å². The van der Waals surface area contributed by atoms with Crippen LogP contribution in [0.2, 0.25) is 0 Å². The topological polar surface area (TPSA) is 81.4 Å². The number of benzene rings is 1. The Morgan fingerprint density at radius 1 is 1.13 bits per heavy atom. The van der Waals surface area contributed by atoms with Crippen molar-refractivity contribution in [2.75, 3.05) is 10.3 Å². The summed E-state index contributed by atoms with van der Waals surface area (Å²) in [6, 6.07) is 14.3. The van der Waals surface area contributed by atoms with Crippen molar-refractivity contribution < 1.29 is 4.79 Å². The number of fused-ring (bicyclic) bond motifs is 3. The van der Waals surface area contributed by atoms with Crippen LogP contribution in [0.15, 0.2) is 41.5 Å². The van der Waals surface area contributed by atoms with Crippen molar-refractivity contribution in [1.29, 1.82) is 5.26 Å². The molecule has 1 aromatic carbocycles. The van der Waals surface area contributed by atoms with E-state index in [4.69, 9.17) is 10.4 Å². The first kappa shape index (κ1) is 18.8. The van der Waals surface area contributed by atoms with E-state index in [0.717, 1.165) is 35.5 Å². The molecule has 0 saturated heterocycles. The SMILES string of the molecule is CC(=O)Nc1ccc2c(n1)CCC1C2=NN(c2ccc(C#N)cc2)C1C1CCCC1. The normalized spacial score (nSPS) is 22.8. The summed E-state index contributed by atoms with van der Waals surface area (Å²) in [5.74, 6) is 1.53. The van der Waals surface area contributed by atoms with Gasteiger partial charge in [0.15, 0.2) is 0 Å². The molecule has 2 heterocycles. The molecule has 2 aromatic rings. The minimum atomic E-state index is -0.109. The number of aryl methyl sites for hydroxylation is 1. The number of nitrogens with one attached hydrogen (secondary N) is 1. The monoisotopic (exact) mass is 399 g/mol. The second-order valence-electron chi connectivity index (χ2n) is 8.54. The van der Waals surface area contributed by atoms with Gasteiger partial charge in [0.2, 0.25) is 5.91 Å². The molecule has 0 bridgehead atoms. The zero-order chi connectivity index (χ0) is 20.7. The van der Waals surface area contributed by atoms with Gasteiger partial charge in [-0.15, -0.1) is 0 Å². The lowest BCUT2D eigenvalue weighted by Crippen LogP contribution is -2.40. The molecule has 1 aliphatic heterocycles. The lowest BCUT2D eigenvalue weighted by molar-refractivity contribution is -0.114. The second kappa shape index (κ2) is 7.56. The molecule has 2 unspecified atom stereocenters. The fourth-order valence-corrected chi connectivity index (χ4v) is 5.36. The third-order valence-electron chi connectivity index (χ3n) is 6.65. The molecule has 5 rings (SSSR count).